The van der Waals surface area contributed by atoms with Crippen molar-refractivity contribution >= 4 is 29.4 Å². The third-order valence-corrected chi connectivity index (χ3v) is 4.55. The second kappa shape index (κ2) is 8.44. The van der Waals surface area contributed by atoms with E-state index in [0.717, 1.165) is 21.0 Å². The molecule has 0 bridgehead atoms. The smallest absolute Gasteiger partial charge is 0.455 e. The number of anilines is 1. The van der Waals surface area contributed by atoms with Gasteiger partial charge in [-0.05, 0) is 12.1 Å². The van der Waals surface area contributed by atoms with Gasteiger partial charge in [0, 0.05) is 13.8 Å². The fraction of sp³-hybridized carbons (Fsp3) is 0.444. The van der Waals surface area contributed by atoms with E-state index in [1.165, 1.54) is 10.8 Å². The number of aromatic nitrogens is 3. The Kier molecular flexibility index (Phi) is 5.93. The molecule has 13 nitrogen and oxygen atoms in total. The zero-order valence-corrected chi connectivity index (χ0v) is 16.8. The molecule has 0 saturated carbocycles. The maximum absolute atomic E-state index is 11.8. The predicted octanol–water partition coefficient (Wildman–Crippen LogP) is 0.292. The molecule has 31 heavy (non-hydrogen) atoms. The first-order valence-electron chi connectivity index (χ1n) is 8.94. The number of fused-ring (bicyclic) bond motifs is 1. The van der Waals surface area contributed by atoms with Crippen LogP contribution in [0.5, 0.6) is 0 Å². The van der Waals surface area contributed by atoms with E-state index in [2.05, 4.69) is 14.8 Å². The minimum Gasteiger partial charge on any atom is -0.455 e. The number of nitrogens with two attached hydrogens (primary N) is 1. The zero-order chi connectivity index (χ0) is 22.8. The van der Waals surface area contributed by atoms with Crippen LogP contribution in [0.25, 0.3) is 5.52 Å². The summed E-state index contributed by atoms with van der Waals surface area (Å²) in [6.07, 6.45) is -3.70. The molecule has 4 atom stereocenters. The Hall–Kier alpha value is -3.92. The van der Waals surface area contributed by atoms with Crippen molar-refractivity contribution in [2.45, 2.75) is 37.8 Å². The highest BCUT2D eigenvalue weighted by molar-refractivity contribution is 5.68. The van der Waals surface area contributed by atoms with Crippen molar-refractivity contribution < 1.29 is 38.1 Å². The number of carbonyl (C=O) groups excluding carboxylic acids is 3. The molecule has 1 aliphatic rings. The zero-order valence-electron chi connectivity index (χ0n) is 16.8. The number of rotatable bonds is 5. The lowest BCUT2D eigenvalue weighted by Crippen LogP contribution is -2.49. The molecule has 0 spiro atoms. The summed E-state index contributed by atoms with van der Waals surface area (Å²) < 4.78 is 27.3. The number of nitrogens with zero attached hydrogens (tertiary/aromatic N) is 4. The highest BCUT2D eigenvalue weighted by atomic mass is 16.7. The summed E-state index contributed by atoms with van der Waals surface area (Å²) in [5.41, 5.74) is 4.63. The van der Waals surface area contributed by atoms with Crippen LogP contribution in [-0.2, 0) is 33.3 Å². The molecule has 0 aliphatic carbocycles. The number of hydrogen-bond donors (Lipinski definition) is 1. The molecule has 3 rings (SSSR count). The van der Waals surface area contributed by atoms with Gasteiger partial charge in [-0.2, -0.15) is 10.4 Å². The van der Waals surface area contributed by atoms with E-state index in [1.54, 1.807) is 12.1 Å². The molecule has 2 aromatic rings. The quantitative estimate of drug-likeness (QED) is 0.504. The molecule has 3 heterocycles. The molecule has 0 radical (unpaired) electrons. The average molecular weight is 433 g/mol. The largest absolute Gasteiger partial charge is 0.508 e. The van der Waals surface area contributed by atoms with Crippen LogP contribution in [0.1, 0.15) is 25.6 Å². The van der Waals surface area contributed by atoms with Crippen molar-refractivity contribution in [1.82, 2.24) is 14.6 Å². The highest BCUT2D eigenvalue weighted by Gasteiger charge is 2.61. The van der Waals surface area contributed by atoms with Crippen molar-refractivity contribution in [3.8, 4) is 6.07 Å². The van der Waals surface area contributed by atoms with Crippen LogP contribution in [0.15, 0.2) is 18.5 Å². The van der Waals surface area contributed by atoms with Crippen LogP contribution < -0.4 is 5.73 Å². The lowest BCUT2D eigenvalue weighted by atomic mass is 9.95. The number of nitrogen functional groups attached to an aromatic ring is 1. The molecule has 1 fully saturated rings. The van der Waals surface area contributed by atoms with Gasteiger partial charge in [-0.15, -0.1) is 0 Å². The standard InChI is InChI=1S/C18H19N5O8/c1-9(24)29-14-13(11-4-5-12-16(20)21-8-22-23(11)12)31-18(6-19,7-28-17(26)27-3)15(14)30-10(2)25/h4-5,8,13-15H,7H2,1-3H3,(H2,20,21,22)/t13-,14-,15-,18+/m0/s1. The molecule has 164 valence electrons. The molecule has 0 unspecified atom stereocenters. The van der Waals surface area contributed by atoms with Gasteiger partial charge in [-0.3, -0.25) is 9.59 Å². The summed E-state index contributed by atoms with van der Waals surface area (Å²) in [7, 11) is 1.09. The van der Waals surface area contributed by atoms with Crippen LogP contribution in [-0.4, -0.2) is 64.2 Å². The van der Waals surface area contributed by atoms with Gasteiger partial charge in [0.05, 0.1) is 12.8 Å². The monoisotopic (exact) mass is 433 g/mol. The molecular formula is C18H19N5O8. The SMILES string of the molecule is COC(=O)OC[C@@]1(C#N)O[C@@H](c2ccc3c(N)ncnn23)[C@H](OC(C)=O)[C@@H]1OC(C)=O. The third-order valence-electron chi connectivity index (χ3n) is 4.55. The third kappa shape index (κ3) is 4.05. The van der Waals surface area contributed by atoms with E-state index in [0.29, 0.717) is 11.2 Å². The number of nitriles is 1. The topological polar surface area (TPSA) is 177 Å². The van der Waals surface area contributed by atoms with Gasteiger partial charge in [-0.25, -0.2) is 14.3 Å². The fourth-order valence-electron chi connectivity index (χ4n) is 3.32. The Labute approximate surface area is 175 Å². The van der Waals surface area contributed by atoms with Crippen molar-refractivity contribution in [2.75, 3.05) is 19.5 Å². The van der Waals surface area contributed by atoms with Crippen LogP contribution in [0.3, 0.4) is 0 Å². The van der Waals surface area contributed by atoms with Gasteiger partial charge in [0.15, 0.2) is 18.0 Å². The van der Waals surface area contributed by atoms with Crippen LogP contribution in [0.2, 0.25) is 0 Å². The lowest BCUT2D eigenvalue weighted by molar-refractivity contribution is -0.167. The molecule has 2 aromatic heterocycles. The first-order chi connectivity index (χ1) is 14.7. The molecule has 0 amide bonds. The Morgan fingerprint density at radius 1 is 1.29 bits per heavy atom. The van der Waals surface area contributed by atoms with E-state index in [9.17, 15) is 19.6 Å². The molecule has 2 N–H and O–H groups in total. The van der Waals surface area contributed by atoms with E-state index in [1.807, 2.05) is 6.07 Å². The van der Waals surface area contributed by atoms with Crippen molar-refractivity contribution in [3.63, 3.8) is 0 Å². The summed E-state index contributed by atoms with van der Waals surface area (Å²) in [6, 6.07) is 5.07. The Morgan fingerprint density at radius 2 is 2.00 bits per heavy atom. The number of carbonyl (C=O) groups is 3. The second-order valence-corrected chi connectivity index (χ2v) is 6.59. The normalized spacial score (nSPS) is 24.9. The summed E-state index contributed by atoms with van der Waals surface area (Å²) in [6.45, 7) is 1.60. The number of methoxy groups -OCH3 is 1. The first kappa shape index (κ1) is 21.8. The summed E-state index contributed by atoms with van der Waals surface area (Å²) in [5, 5.41) is 14.0. The van der Waals surface area contributed by atoms with E-state index >= 15 is 0 Å². The van der Waals surface area contributed by atoms with Crippen molar-refractivity contribution in [2.24, 2.45) is 0 Å². The summed E-state index contributed by atoms with van der Waals surface area (Å²) in [4.78, 5) is 39.0. The Balaban J connectivity index is 2.11. The predicted molar refractivity (Wildman–Crippen MR) is 99.0 cm³/mol. The summed E-state index contributed by atoms with van der Waals surface area (Å²) >= 11 is 0. The van der Waals surface area contributed by atoms with Gasteiger partial charge in [-0.1, -0.05) is 0 Å². The molecular weight excluding hydrogens is 414 g/mol. The Bertz CT molecular complexity index is 1060. The molecule has 13 heteroatoms. The Morgan fingerprint density at radius 3 is 2.61 bits per heavy atom. The molecule has 0 aromatic carbocycles. The summed E-state index contributed by atoms with van der Waals surface area (Å²) in [5.74, 6) is -1.30. The van der Waals surface area contributed by atoms with Crippen molar-refractivity contribution in [1.29, 1.82) is 5.26 Å². The van der Waals surface area contributed by atoms with Crippen molar-refractivity contribution in [3.05, 3.63) is 24.2 Å². The lowest BCUT2D eigenvalue weighted by Gasteiger charge is -2.27. The number of ether oxygens (including phenoxy) is 5. The van der Waals surface area contributed by atoms with Gasteiger partial charge >= 0.3 is 18.1 Å². The van der Waals surface area contributed by atoms with Crippen LogP contribution >= 0.6 is 0 Å². The highest BCUT2D eigenvalue weighted by Crippen LogP contribution is 2.44. The second-order valence-electron chi connectivity index (χ2n) is 6.59. The van der Waals surface area contributed by atoms with Gasteiger partial charge < -0.3 is 29.4 Å². The maximum atomic E-state index is 11.8. The fourth-order valence-corrected chi connectivity index (χ4v) is 3.32. The van der Waals surface area contributed by atoms with E-state index < -0.39 is 48.6 Å². The maximum Gasteiger partial charge on any atom is 0.508 e. The number of esters is 2. The minimum atomic E-state index is -2.01. The van der Waals surface area contributed by atoms with Gasteiger partial charge in [0.1, 0.15) is 30.6 Å². The first-order valence-corrected chi connectivity index (χ1v) is 8.94. The van der Waals surface area contributed by atoms with Crippen LogP contribution in [0, 0.1) is 11.3 Å². The number of hydrogen-bond acceptors (Lipinski definition) is 12. The van der Waals surface area contributed by atoms with E-state index in [4.69, 9.17) is 24.7 Å². The van der Waals surface area contributed by atoms with Gasteiger partial charge in [0.2, 0.25) is 5.60 Å². The van der Waals surface area contributed by atoms with Gasteiger partial charge in [0.25, 0.3) is 0 Å². The molecule has 1 aliphatic heterocycles. The van der Waals surface area contributed by atoms with Crippen LogP contribution in [0.4, 0.5) is 10.6 Å². The van der Waals surface area contributed by atoms with E-state index in [-0.39, 0.29) is 5.82 Å². The minimum absolute atomic E-state index is 0.181. The average Bonchev–Trinajstić information content (AvgIpc) is 3.27. The molecule has 1 saturated heterocycles.